The molecular weight excluding hydrogens is 386 g/mol. The molecule has 1 aromatic heterocycles. The number of thiazole rings is 1. The number of hydrogen-bond donors (Lipinski definition) is 1. The Morgan fingerprint density at radius 3 is 2.38 bits per heavy atom. The van der Waals surface area contributed by atoms with E-state index in [4.69, 9.17) is 0 Å². The van der Waals surface area contributed by atoms with Gasteiger partial charge in [0.15, 0.2) is 0 Å². The predicted octanol–water partition coefficient (Wildman–Crippen LogP) is 1.20. The lowest BCUT2D eigenvalue weighted by molar-refractivity contribution is -0.132. The molecule has 2 saturated heterocycles. The summed E-state index contributed by atoms with van der Waals surface area (Å²) in [5.74, 6) is 0.316. The summed E-state index contributed by atoms with van der Waals surface area (Å²) in [6, 6.07) is 8.11. The number of para-hydroxylation sites is 1. The van der Waals surface area contributed by atoms with Gasteiger partial charge >= 0.3 is 0 Å². The molecule has 2 amide bonds. The summed E-state index contributed by atoms with van der Waals surface area (Å²) in [5.41, 5.74) is 1.03. The van der Waals surface area contributed by atoms with Crippen LogP contribution in [0.3, 0.4) is 0 Å². The molecule has 29 heavy (non-hydrogen) atoms. The Kier molecular flexibility index (Phi) is 6.74. The van der Waals surface area contributed by atoms with Crippen LogP contribution in [0.4, 0.5) is 0 Å². The van der Waals surface area contributed by atoms with Crippen LogP contribution in [0.5, 0.6) is 0 Å². The van der Waals surface area contributed by atoms with E-state index in [1.807, 2.05) is 23.1 Å². The maximum absolute atomic E-state index is 12.3. The average molecular weight is 416 g/mol. The molecule has 0 atom stereocenters. The van der Waals surface area contributed by atoms with E-state index >= 15 is 0 Å². The number of amides is 2. The van der Waals surface area contributed by atoms with Crippen LogP contribution >= 0.6 is 11.3 Å². The van der Waals surface area contributed by atoms with Gasteiger partial charge in [-0.3, -0.25) is 19.4 Å². The topological polar surface area (TPSA) is 68.8 Å². The zero-order chi connectivity index (χ0) is 20.1. The van der Waals surface area contributed by atoms with Crippen molar-refractivity contribution in [2.45, 2.75) is 19.3 Å². The van der Waals surface area contributed by atoms with Gasteiger partial charge in [-0.15, -0.1) is 11.3 Å². The summed E-state index contributed by atoms with van der Waals surface area (Å²) < 4.78 is 1.19. The van der Waals surface area contributed by atoms with E-state index in [0.29, 0.717) is 19.6 Å². The molecule has 4 rings (SSSR count). The van der Waals surface area contributed by atoms with Gasteiger partial charge in [-0.25, -0.2) is 4.98 Å². The van der Waals surface area contributed by atoms with Gasteiger partial charge in [0.1, 0.15) is 0 Å². The number of rotatable bonds is 7. The lowest BCUT2D eigenvalue weighted by atomic mass is 10.3. The van der Waals surface area contributed by atoms with E-state index in [9.17, 15) is 9.59 Å². The SMILES string of the molecule is O=C(CN1CCN(CC(=O)N2CCCC2)CC1)NCCc1nc2ccccc2s1. The van der Waals surface area contributed by atoms with E-state index in [0.717, 1.165) is 69.1 Å². The van der Waals surface area contributed by atoms with E-state index < -0.39 is 0 Å². The van der Waals surface area contributed by atoms with Crippen molar-refractivity contribution in [2.75, 3.05) is 58.9 Å². The fourth-order valence-electron chi connectivity index (χ4n) is 3.96. The van der Waals surface area contributed by atoms with Crippen LogP contribution in [-0.2, 0) is 16.0 Å². The van der Waals surface area contributed by atoms with Gasteiger partial charge in [-0.1, -0.05) is 12.1 Å². The molecule has 8 heteroatoms. The lowest BCUT2D eigenvalue weighted by Gasteiger charge is -2.34. The molecule has 0 bridgehead atoms. The Labute approximate surface area is 175 Å². The zero-order valence-electron chi connectivity index (χ0n) is 16.8. The number of nitrogens with zero attached hydrogens (tertiary/aromatic N) is 4. The molecule has 3 heterocycles. The van der Waals surface area contributed by atoms with Gasteiger partial charge in [0, 0.05) is 52.2 Å². The highest BCUT2D eigenvalue weighted by atomic mass is 32.1. The maximum atomic E-state index is 12.3. The van der Waals surface area contributed by atoms with Crippen molar-refractivity contribution < 1.29 is 9.59 Å². The third-order valence-corrected chi connectivity index (χ3v) is 6.75. The van der Waals surface area contributed by atoms with Crippen LogP contribution in [0.15, 0.2) is 24.3 Å². The number of nitrogens with one attached hydrogen (secondary N) is 1. The highest BCUT2D eigenvalue weighted by Crippen LogP contribution is 2.21. The Balaban J connectivity index is 1.13. The Morgan fingerprint density at radius 2 is 1.66 bits per heavy atom. The molecule has 1 N–H and O–H groups in total. The summed E-state index contributed by atoms with van der Waals surface area (Å²) >= 11 is 1.69. The molecule has 0 radical (unpaired) electrons. The number of piperazine rings is 1. The van der Waals surface area contributed by atoms with Gasteiger partial charge in [0.05, 0.1) is 28.3 Å². The molecule has 2 aromatic rings. The number of benzene rings is 1. The number of hydrogen-bond acceptors (Lipinski definition) is 6. The first-order valence-electron chi connectivity index (χ1n) is 10.5. The minimum Gasteiger partial charge on any atom is -0.355 e. The fraction of sp³-hybridized carbons (Fsp3) is 0.571. The van der Waals surface area contributed by atoms with Gasteiger partial charge < -0.3 is 10.2 Å². The van der Waals surface area contributed by atoms with Crippen LogP contribution in [0.2, 0.25) is 0 Å². The second kappa shape index (κ2) is 9.65. The largest absolute Gasteiger partial charge is 0.355 e. The van der Waals surface area contributed by atoms with Crippen LogP contribution in [0, 0.1) is 0 Å². The number of fused-ring (bicyclic) bond motifs is 1. The van der Waals surface area contributed by atoms with Gasteiger partial charge in [-0.2, -0.15) is 0 Å². The summed E-state index contributed by atoms with van der Waals surface area (Å²) in [4.78, 5) is 35.5. The second-order valence-electron chi connectivity index (χ2n) is 7.82. The normalized spacial score (nSPS) is 18.4. The average Bonchev–Trinajstić information content (AvgIpc) is 3.39. The molecular formula is C21H29N5O2S. The van der Waals surface area contributed by atoms with Crippen molar-refractivity contribution in [2.24, 2.45) is 0 Å². The number of carbonyl (C=O) groups is 2. The number of aromatic nitrogens is 1. The minimum absolute atomic E-state index is 0.0627. The monoisotopic (exact) mass is 415 g/mol. The molecule has 2 fully saturated rings. The first-order valence-corrected chi connectivity index (χ1v) is 11.3. The Morgan fingerprint density at radius 1 is 0.966 bits per heavy atom. The smallest absolute Gasteiger partial charge is 0.236 e. The number of likely N-dealkylation sites (tertiary alicyclic amines) is 1. The van der Waals surface area contributed by atoms with Crippen molar-refractivity contribution in [3.8, 4) is 0 Å². The minimum atomic E-state index is 0.0627. The van der Waals surface area contributed by atoms with Gasteiger partial charge in [-0.05, 0) is 25.0 Å². The summed E-state index contributed by atoms with van der Waals surface area (Å²) in [7, 11) is 0. The fourth-order valence-corrected chi connectivity index (χ4v) is 4.92. The number of carbonyl (C=O) groups excluding carboxylic acids is 2. The summed E-state index contributed by atoms with van der Waals surface area (Å²) in [5, 5.41) is 4.07. The summed E-state index contributed by atoms with van der Waals surface area (Å²) in [6.45, 7) is 6.74. The Hall–Kier alpha value is -2.03. The highest BCUT2D eigenvalue weighted by Gasteiger charge is 2.24. The molecule has 2 aliphatic rings. The van der Waals surface area contributed by atoms with E-state index in [-0.39, 0.29) is 11.8 Å². The lowest BCUT2D eigenvalue weighted by Crippen LogP contribution is -2.51. The van der Waals surface area contributed by atoms with Crippen LogP contribution in [0.1, 0.15) is 17.8 Å². The van der Waals surface area contributed by atoms with Crippen LogP contribution in [-0.4, -0.2) is 90.4 Å². The standard InChI is InChI=1S/C21H29N5O2S/c27-19(22-8-7-20-23-17-5-1-2-6-18(17)29-20)15-24-11-13-25(14-12-24)16-21(28)26-9-3-4-10-26/h1-2,5-6H,3-4,7-16H2,(H,22,27). The summed E-state index contributed by atoms with van der Waals surface area (Å²) in [6.07, 6.45) is 3.03. The van der Waals surface area contributed by atoms with Crippen molar-refractivity contribution in [1.29, 1.82) is 0 Å². The quantitative estimate of drug-likeness (QED) is 0.736. The van der Waals surface area contributed by atoms with Gasteiger partial charge in [0.2, 0.25) is 11.8 Å². The zero-order valence-corrected chi connectivity index (χ0v) is 17.6. The molecule has 1 aromatic carbocycles. The van der Waals surface area contributed by atoms with Crippen molar-refractivity contribution in [1.82, 2.24) is 25.0 Å². The second-order valence-corrected chi connectivity index (χ2v) is 8.93. The molecule has 0 spiro atoms. The van der Waals surface area contributed by atoms with Crippen molar-refractivity contribution >= 4 is 33.4 Å². The van der Waals surface area contributed by atoms with Crippen LogP contribution in [0.25, 0.3) is 10.2 Å². The maximum Gasteiger partial charge on any atom is 0.236 e. The van der Waals surface area contributed by atoms with E-state index in [2.05, 4.69) is 26.2 Å². The Bertz CT molecular complexity index is 807. The van der Waals surface area contributed by atoms with Crippen molar-refractivity contribution in [3.05, 3.63) is 29.3 Å². The molecule has 2 aliphatic heterocycles. The molecule has 0 saturated carbocycles. The van der Waals surface area contributed by atoms with E-state index in [1.54, 1.807) is 11.3 Å². The predicted molar refractivity (Wildman–Crippen MR) is 115 cm³/mol. The third kappa shape index (κ3) is 5.52. The molecule has 0 unspecified atom stereocenters. The van der Waals surface area contributed by atoms with Crippen LogP contribution < -0.4 is 5.32 Å². The first-order chi connectivity index (χ1) is 14.2. The van der Waals surface area contributed by atoms with E-state index in [1.165, 1.54) is 4.70 Å². The van der Waals surface area contributed by atoms with Crippen molar-refractivity contribution in [3.63, 3.8) is 0 Å². The molecule has 7 nitrogen and oxygen atoms in total. The molecule has 156 valence electrons. The molecule has 0 aliphatic carbocycles. The third-order valence-electron chi connectivity index (χ3n) is 5.65. The first kappa shape index (κ1) is 20.3. The van der Waals surface area contributed by atoms with Gasteiger partial charge in [0.25, 0.3) is 0 Å². The highest BCUT2D eigenvalue weighted by molar-refractivity contribution is 7.18.